The normalized spacial score (nSPS) is 15.0. The van der Waals surface area contributed by atoms with Crippen molar-refractivity contribution in [2.75, 3.05) is 13.1 Å². The van der Waals surface area contributed by atoms with Crippen molar-refractivity contribution in [2.24, 2.45) is 0 Å². The first-order valence-electron chi connectivity index (χ1n) is 8.91. The number of carbonyl (C=O) groups is 1. The van der Waals surface area contributed by atoms with E-state index in [0.717, 1.165) is 28.3 Å². The molecule has 28 heavy (non-hydrogen) atoms. The fraction of sp³-hybridized carbons (Fsp3) is 0.263. The van der Waals surface area contributed by atoms with Gasteiger partial charge in [0.2, 0.25) is 10.0 Å². The maximum absolute atomic E-state index is 12.5. The van der Waals surface area contributed by atoms with Crippen LogP contribution in [-0.2, 0) is 16.6 Å². The van der Waals surface area contributed by atoms with E-state index in [4.69, 9.17) is 0 Å². The van der Waals surface area contributed by atoms with Crippen LogP contribution in [0.2, 0.25) is 0 Å². The lowest BCUT2D eigenvalue weighted by atomic mass is 10.2. The third kappa shape index (κ3) is 4.02. The quantitative estimate of drug-likeness (QED) is 0.644. The summed E-state index contributed by atoms with van der Waals surface area (Å²) in [6.07, 6.45) is 3.41. The smallest absolute Gasteiger partial charge is 0.263 e. The average Bonchev–Trinajstić information content (AvgIpc) is 3.47. The third-order valence-electron chi connectivity index (χ3n) is 4.54. The summed E-state index contributed by atoms with van der Waals surface area (Å²) in [5.41, 5.74) is 0.844. The van der Waals surface area contributed by atoms with Gasteiger partial charge in [-0.05, 0) is 42.0 Å². The van der Waals surface area contributed by atoms with E-state index in [2.05, 4.69) is 10.3 Å². The van der Waals surface area contributed by atoms with Gasteiger partial charge in [-0.25, -0.2) is 13.4 Å². The van der Waals surface area contributed by atoms with E-state index in [1.165, 1.54) is 15.6 Å². The van der Waals surface area contributed by atoms with Gasteiger partial charge >= 0.3 is 0 Å². The van der Waals surface area contributed by atoms with Gasteiger partial charge in [0, 0.05) is 19.6 Å². The van der Waals surface area contributed by atoms with E-state index in [9.17, 15) is 13.2 Å². The van der Waals surface area contributed by atoms with Crippen molar-refractivity contribution in [3.63, 3.8) is 0 Å². The molecule has 2 aromatic heterocycles. The summed E-state index contributed by atoms with van der Waals surface area (Å²) in [4.78, 5) is 18.6. The molecule has 1 amide bonds. The highest BCUT2D eigenvalue weighted by Gasteiger charge is 2.26. The lowest BCUT2D eigenvalue weighted by molar-refractivity contribution is 0.0954. The molecule has 1 aliphatic rings. The Morgan fingerprint density at radius 2 is 1.89 bits per heavy atom. The van der Waals surface area contributed by atoms with Crippen LogP contribution in [0.4, 0.5) is 0 Å². The standard InChI is InChI=1S/C19H19N3O3S3/c23-18(17-13-21-19(27-17)16-4-3-11-26-16)20-12-14-5-7-15(8-6-14)28(24,25)22-9-1-2-10-22/h3-8,11,13H,1-2,9-10,12H2,(H,20,23). The fourth-order valence-electron chi connectivity index (χ4n) is 3.02. The molecule has 6 nitrogen and oxygen atoms in total. The minimum absolute atomic E-state index is 0.186. The van der Waals surface area contributed by atoms with Crippen molar-refractivity contribution < 1.29 is 13.2 Å². The molecule has 0 saturated carbocycles. The molecule has 0 bridgehead atoms. The maximum atomic E-state index is 12.5. The first-order valence-corrected chi connectivity index (χ1v) is 12.0. The molecule has 3 aromatic rings. The Labute approximate surface area is 171 Å². The zero-order chi connectivity index (χ0) is 19.6. The first kappa shape index (κ1) is 19.3. The molecule has 1 fully saturated rings. The lowest BCUT2D eigenvalue weighted by Gasteiger charge is -2.15. The molecule has 9 heteroatoms. The van der Waals surface area contributed by atoms with Crippen LogP contribution in [-0.4, -0.2) is 36.7 Å². The van der Waals surface area contributed by atoms with Crippen LogP contribution in [0.3, 0.4) is 0 Å². The number of thiophene rings is 1. The highest BCUT2D eigenvalue weighted by Crippen LogP contribution is 2.28. The zero-order valence-electron chi connectivity index (χ0n) is 15.0. The van der Waals surface area contributed by atoms with Crippen LogP contribution < -0.4 is 5.32 Å². The van der Waals surface area contributed by atoms with Crippen LogP contribution in [0, 0.1) is 0 Å². The first-order chi connectivity index (χ1) is 13.5. The number of nitrogens with zero attached hydrogens (tertiary/aromatic N) is 2. The molecule has 1 aliphatic heterocycles. The Morgan fingerprint density at radius 1 is 1.14 bits per heavy atom. The summed E-state index contributed by atoms with van der Waals surface area (Å²) >= 11 is 2.94. The minimum Gasteiger partial charge on any atom is -0.347 e. The Hall–Kier alpha value is -2.07. The van der Waals surface area contributed by atoms with E-state index in [-0.39, 0.29) is 5.91 Å². The summed E-state index contributed by atoms with van der Waals surface area (Å²) in [6.45, 7) is 1.50. The molecule has 1 aromatic carbocycles. The van der Waals surface area contributed by atoms with Crippen molar-refractivity contribution in [1.29, 1.82) is 0 Å². The zero-order valence-corrected chi connectivity index (χ0v) is 17.4. The van der Waals surface area contributed by atoms with Crippen LogP contribution in [0.25, 0.3) is 9.88 Å². The summed E-state index contributed by atoms with van der Waals surface area (Å²) in [7, 11) is -3.41. The second kappa shape index (κ2) is 8.12. The Bertz CT molecular complexity index is 1050. The van der Waals surface area contributed by atoms with Crippen LogP contribution >= 0.6 is 22.7 Å². The van der Waals surface area contributed by atoms with Gasteiger partial charge in [0.05, 0.1) is 16.0 Å². The number of sulfonamides is 1. The van der Waals surface area contributed by atoms with Crippen molar-refractivity contribution in [3.8, 4) is 9.88 Å². The number of hydrogen-bond acceptors (Lipinski definition) is 6. The van der Waals surface area contributed by atoms with Crippen LogP contribution in [0.5, 0.6) is 0 Å². The van der Waals surface area contributed by atoms with Gasteiger partial charge in [-0.2, -0.15) is 4.31 Å². The van der Waals surface area contributed by atoms with E-state index >= 15 is 0 Å². The number of aromatic nitrogens is 1. The summed E-state index contributed by atoms with van der Waals surface area (Å²) in [5, 5.41) is 5.67. The van der Waals surface area contributed by atoms with Gasteiger partial charge in [-0.3, -0.25) is 4.79 Å². The largest absolute Gasteiger partial charge is 0.347 e. The van der Waals surface area contributed by atoms with Crippen molar-refractivity contribution in [2.45, 2.75) is 24.3 Å². The summed E-state index contributed by atoms with van der Waals surface area (Å²) < 4.78 is 26.6. The molecule has 146 valence electrons. The highest BCUT2D eigenvalue weighted by atomic mass is 32.2. The molecule has 0 unspecified atom stereocenters. The topological polar surface area (TPSA) is 79.4 Å². The van der Waals surface area contributed by atoms with Crippen molar-refractivity contribution in [3.05, 3.63) is 58.4 Å². The van der Waals surface area contributed by atoms with E-state index < -0.39 is 10.0 Å². The van der Waals surface area contributed by atoms with Crippen LogP contribution in [0.1, 0.15) is 28.1 Å². The average molecular weight is 434 g/mol. The molecule has 4 rings (SSSR count). The van der Waals surface area contributed by atoms with Gasteiger partial charge < -0.3 is 5.32 Å². The van der Waals surface area contributed by atoms with Gasteiger partial charge in [0.15, 0.2) is 0 Å². The number of hydrogen-bond donors (Lipinski definition) is 1. The second-order valence-electron chi connectivity index (χ2n) is 6.44. The SMILES string of the molecule is O=C(NCc1ccc(S(=O)(=O)N2CCCC2)cc1)c1cnc(-c2cccs2)s1. The number of thiazole rings is 1. The number of benzene rings is 1. The number of carbonyl (C=O) groups excluding carboxylic acids is 1. The maximum Gasteiger partial charge on any atom is 0.263 e. The summed E-state index contributed by atoms with van der Waals surface area (Å²) in [6, 6.07) is 10.6. The minimum atomic E-state index is -3.41. The monoisotopic (exact) mass is 433 g/mol. The van der Waals surface area contributed by atoms with E-state index in [1.807, 2.05) is 17.5 Å². The Balaban J connectivity index is 1.38. The Morgan fingerprint density at radius 3 is 2.57 bits per heavy atom. The molecule has 1 N–H and O–H groups in total. The highest BCUT2D eigenvalue weighted by molar-refractivity contribution is 7.89. The molecule has 0 atom stereocenters. The molecule has 0 radical (unpaired) electrons. The number of amides is 1. The molecular formula is C19H19N3O3S3. The predicted octanol–water partition coefficient (Wildman–Crippen LogP) is 3.59. The Kier molecular flexibility index (Phi) is 5.58. The molecule has 1 saturated heterocycles. The number of nitrogens with one attached hydrogen (secondary N) is 1. The van der Waals surface area contributed by atoms with Gasteiger partial charge in [0.25, 0.3) is 5.91 Å². The van der Waals surface area contributed by atoms with Crippen LogP contribution in [0.15, 0.2) is 52.9 Å². The van der Waals surface area contributed by atoms with E-state index in [1.54, 1.807) is 41.8 Å². The van der Waals surface area contributed by atoms with E-state index in [0.29, 0.717) is 29.4 Å². The van der Waals surface area contributed by atoms with Crippen molar-refractivity contribution in [1.82, 2.24) is 14.6 Å². The second-order valence-corrected chi connectivity index (χ2v) is 10.4. The molecule has 3 heterocycles. The fourth-order valence-corrected chi connectivity index (χ4v) is 6.17. The van der Waals surface area contributed by atoms with Gasteiger partial charge in [-0.1, -0.05) is 18.2 Å². The molecule has 0 spiro atoms. The predicted molar refractivity (Wildman–Crippen MR) is 111 cm³/mol. The number of rotatable bonds is 6. The molecule has 0 aliphatic carbocycles. The van der Waals surface area contributed by atoms with Gasteiger partial charge in [0.1, 0.15) is 9.88 Å². The lowest BCUT2D eigenvalue weighted by Crippen LogP contribution is -2.27. The van der Waals surface area contributed by atoms with Crippen molar-refractivity contribution >= 4 is 38.6 Å². The molecular weight excluding hydrogens is 414 g/mol. The summed E-state index contributed by atoms with van der Waals surface area (Å²) in [5.74, 6) is -0.186. The van der Waals surface area contributed by atoms with Gasteiger partial charge in [-0.15, -0.1) is 22.7 Å². The third-order valence-corrected chi connectivity index (χ3v) is 8.49.